The molecule has 644 valence electrons. The lowest BCUT2D eigenvalue weighted by Crippen LogP contribution is -2.63. The summed E-state index contributed by atoms with van der Waals surface area (Å²) in [5.74, 6) is -14.4. The Morgan fingerprint density at radius 1 is 0.259 bits per heavy atom. The number of nitrogens with one attached hydrogen (secondary N) is 14. The molecule has 0 heterocycles. The second kappa shape index (κ2) is 56.3. The summed E-state index contributed by atoms with van der Waals surface area (Å²) in [4.78, 5) is 206. The van der Waals surface area contributed by atoms with Gasteiger partial charge in [0.1, 0.15) is 72.5 Å². The lowest BCUT2D eigenvalue weighted by atomic mass is 9.96. The molecule has 0 spiro atoms. The van der Waals surface area contributed by atoms with E-state index in [1.807, 2.05) is 0 Å². The highest BCUT2D eigenvalue weighted by Crippen LogP contribution is 2.17. The summed E-state index contributed by atoms with van der Waals surface area (Å²) in [7, 11) is 0. The zero-order valence-corrected chi connectivity index (χ0v) is 71.0. The minimum absolute atomic E-state index is 0.131. The van der Waals surface area contributed by atoms with Crippen molar-refractivity contribution < 1.29 is 71.9 Å². The molecule has 14 amide bonds. The van der Waals surface area contributed by atoms with E-state index in [0.29, 0.717) is 71.1 Å². The largest absolute Gasteiger partial charge is 0.356 e. The molecule has 0 saturated carbocycles. The molecule has 0 aliphatic carbocycles. The predicted octanol–water partition coefficient (Wildman–Crippen LogP) is 1.67. The molecule has 33 nitrogen and oxygen atoms in total. The molecule has 0 aliphatic heterocycles. The second-order valence-electron chi connectivity index (χ2n) is 32.3. The highest BCUT2D eigenvalue weighted by Gasteiger charge is 2.40. The third-order valence-corrected chi connectivity index (χ3v) is 19.5. The van der Waals surface area contributed by atoms with E-state index in [1.54, 1.807) is 96.9 Å². The summed E-state index contributed by atoms with van der Waals surface area (Å²) in [6, 6.07) is -16.9. The molecule has 0 aromatic heterocycles. The third kappa shape index (κ3) is 40.7. The van der Waals surface area contributed by atoms with Gasteiger partial charge in [0.15, 0.2) is 5.78 Å². The smallest absolute Gasteiger partial charge is 0.243 e. The number of Topliss-reactive ketones (excluding diaryl/α,β-unsaturated/α-hetero) is 1. The second-order valence-corrected chi connectivity index (χ2v) is 32.3. The monoisotopic (exact) mass is 1590 g/mol. The SMILES string of the molecule is CCCCCCCCCCCCNC(=O)CC(NC(=O)[C@@H](NC(=O)[C@@H](NC(=O)[C@@H](NC(=O)[C@@H](NC(=O)[C@@H](NC(=O)[C@@H](NC(=O)[C@H](C)NC(=O)[C@H](C)NC(=O)[C@H](C)NC(=O)[C@@H](NC(=O)[C@H](CCCCN)NC(=O)[C@H](CCCCN)NC(=O)[C@@H](N)CCCCN)C(C)C)C(C)C)C(C)C)C(C)C)C(C)C)C(C)C)C(C)C)C(C)=O. The summed E-state index contributed by atoms with van der Waals surface area (Å²) in [5.41, 5.74) is 23.2. The van der Waals surface area contributed by atoms with Crippen molar-refractivity contribution in [2.24, 2.45) is 64.4 Å². The first kappa shape index (κ1) is 104. The highest BCUT2D eigenvalue weighted by atomic mass is 16.2. The molecule has 0 bridgehead atoms. The van der Waals surface area contributed by atoms with E-state index < -0.39 is 214 Å². The summed E-state index contributed by atoms with van der Waals surface area (Å²) in [6.07, 6.45) is 15.0. The van der Waals surface area contributed by atoms with Gasteiger partial charge in [-0.15, -0.1) is 0 Å². The summed E-state index contributed by atoms with van der Waals surface area (Å²) < 4.78 is 0. The van der Waals surface area contributed by atoms with E-state index >= 15 is 0 Å². The van der Waals surface area contributed by atoms with E-state index in [4.69, 9.17) is 22.9 Å². The first-order valence-electron chi connectivity index (χ1n) is 41.1. The first-order valence-corrected chi connectivity index (χ1v) is 41.1. The zero-order valence-electron chi connectivity index (χ0n) is 71.0. The highest BCUT2D eigenvalue weighted by molar-refractivity contribution is 6.00. The number of hydrogen-bond donors (Lipinski definition) is 18. The van der Waals surface area contributed by atoms with Crippen LogP contribution in [0.5, 0.6) is 0 Å². The van der Waals surface area contributed by atoms with Gasteiger partial charge in [-0.1, -0.05) is 168 Å². The van der Waals surface area contributed by atoms with Crippen LogP contribution in [-0.4, -0.2) is 199 Å². The van der Waals surface area contributed by atoms with E-state index in [1.165, 1.54) is 66.2 Å². The molecule has 0 fully saturated rings. The van der Waals surface area contributed by atoms with Crippen LogP contribution in [-0.2, 0) is 71.9 Å². The average molecular weight is 1590 g/mol. The van der Waals surface area contributed by atoms with Gasteiger partial charge in [-0.05, 0) is 147 Å². The van der Waals surface area contributed by atoms with Crippen LogP contribution in [0.4, 0.5) is 0 Å². The topological polar surface area (TPSA) is 529 Å². The molecular formula is C79H148N18O15. The maximum Gasteiger partial charge on any atom is 0.243 e. The number of nitrogens with two attached hydrogens (primary N) is 4. The number of unbranched alkanes of at least 4 members (excludes halogenated alkanes) is 12. The van der Waals surface area contributed by atoms with E-state index in [2.05, 4.69) is 81.4 Å². The lowest BCUT2D eigenvalue weighted by Gasteiger charge is -2.32. The fourth-order valence-corrected chi connectivity index (χ4v) is 12.0. The maximum absolute atomic E-state index is 14.3. The van der Waals surface area contributed by atoms with Gasteiger partial charge in [-0.2, -0.15) is 0 Å². The van der Waals surface area contributed by atoms with Crippen molar-refractivity contribution in [1.82, 2.24) is 74.4 Å². The predicted molar refractivity (Wildman–Crippen MR) is 433 cm³/mol. The van der Waals surface area contributed by atoms with Crippen LogP contribution in [0.15, 0.2) is 0 Å². The number of amides is 14. The van der Waals surface area contributed by atoms with Gasteiger partial charge in [-0.25, -0.2) is 0 Å². The fraction of sp³-hybridized carbons (Fsp3) is 0.810. The Kier molecular flexibility index (Phi) is 52.4. The van der Waals surface area contributed by atoms with Crippen molar-refractivity contribution in [1.29, 1.82) is 0 Å². The molecule has 1 unspecified atom stereocenters. The van der Waals surface area contributed by atoms with Crippen molar-refractivity contribution in [3.8, 4) is 0 Å². The average Bonchev–Trinajstić information content (AvgIpc) is 0.846. The third-order valence-electron chi connectivity index (χ3n) is 19.5. The van der Waals surface area contributed by atoms with Gasteiger partial charge >= 0.3 is 0 Å². The van der Waals surface area contributed by atoms with Crippen LogP contribution in [0.1, 0.15) is 260 Å². The quantitative estimate of drug-likeness (QED) is 0.0385. The number of carbonyl (C=O) groups is 15. The molecular weight excluding hydrogens is 1440 g/mol. The van der Waals surface area contributed by atoms with Crippen LogP contribution >= 0.6 is 0 Å². The van der Waals surface area contributed by atoms with Crippen molar-refractivity contribution in [3.63, 3.8) is 0 Å². The van der Waals surface area contributed by atoms with Crippen molar-refractivity contribution >= 4 is 88.5 Å². The lowest BCUT2D eigenvalue weighted by molar-refractivity contribution is -0.138. The number of rotatable bonds is 59. The first-order chi connectivity index (χ1) is 52.5. The normalized spacial score (nSPS) is 15.3. The van der Waals surface area contributed by atoms with Crippen molar-refractivity contribution in [2.45, 2.75) is 345 Å². The van der Waals surface area contributed by atoms with Gasteiger partial charge < -0.3 is 97.4 Å². The fourth-order valence-electron chi connectivity index (χ4n) is 12.0. The van der Waals surface area contributed by atoms with Crippen molar-refractivity contribution in [3.05, 3.63) is 0 Å². The zero-order chi connectivity index (χ0) is 85.7. The van der Waals surface area contributed by atoms with E-state index in [-0.39, 0.29) is 19.3 Å². The Hall–Kier alpha value is -7.91. The Bertz CT molecular complexity index is 2950. The summed E-state index contributed by atoms with van der Waals surface area (Å²) in [5, 5.41) is 37.5. The summed E-state index contributed by atoms with van der Waals surface area (Å²) in [6.45, 7) is 32.3. The molecule has 0 aliphatic rings. The Morgan fingerprint density at radius 2 is 0.500 bits per heavy atom. The number of carbonyl (C=O) groups excluding carboxylic acids is 15. The minimum Gasteiger partial charge on any atom is -0.356 e. The van der Waals surface area contributed by atoms with E-state index in [9.17, 15) is 71.9 Å². The van der Waals surface area contributed by atoms with Crippen molar-refractivity contribution in [2.75, 3.05) is 26.2 Å². The van der Waals surface area contributed by atoms with Crippen LogP contribution in [0, 0.1) is 41.4 Å². The molecule has 33 heteroatoms. The number of hydrogen-bond acceptors (Lipinski definition) is 19. The number of ketones is 1. The molecule has 0 aromatic rings. The Morgan fingerprint density at radius 3 is 0.812 bits per heavy atom. The standard InChI is InChI=1S/C79H148N18O15/c1-20-21-22-23-24-25-26-27-28-35-42-84-59(99)43-58(54(19)98)90-74(107)61(45(4)5)93-76(109)63(47(8)9)95-78(111)65(49(12)13)97-79(112)66(50(14)15)96-77(110)64(48(10)11)94-75(108)62(46(6)7)91-69(102)53(18)86-67(100)51(16)85-68(101)52(17)87-73(106)60(44(2)3)92-72(105)57(38-31-34-41-82)89-71(104)56(37-30-33-40-81)88-70(103)55(83)36-29-32-39-80/h44-53,55-58,60-66H,20-43,80-83H2,1-19H3,(H,84,99)(H,85,101)(H,86,100)(H,87,106)(H,88,103)(H,89,104)(H,90,107)(H,91,102)(H,92,105)(H,93,109)(H,94,108)(H,95,111)(H,96,110)(H,97,112)/t51-,52-,53-,55-,56-,57-,58?,60-,61-,62-,63-,64-,65-,66-/m0/s1. The molecule has 14 atom stereocenters. The van der Waals surface area contributed by atoms with Crippen LogP contribution in [0.3, 0.4) is 0 Å². The van der Waals surface area contributed by atoms with Gasteiger partial charge in [0.05, 0.1) is 18.5 Å². The van der Waals surface area contributed by atoms with Crippen LogP contribution < -0.4 is 97.4 Å². The molecule has 0 rings (SSSR count). The van der Waals surface area contributed by atoms with Gasteiger partial charge in [0, 0.05) is 6.54 Å². The molecule has 0 saturated heterocycles. The van der Waals surface area contributed by atoms with Crippen LogP contribution in [0.25, 0.3) is 0 Å². The molecule has 0 aromatic carbocycles. The summed E-state index contributed by atoms with van der Waals surface area (Å²) >= 11 is 0. The molecule has 22 N–H and O–H groups in total. The minimum atomic E-state index is -1.30. The van der Waals surface area contributed by atoms with Gasteiger partial charge in [-0.3, -0.25) is 71.9 Å². The Labute approximate surface area is 667 Å². The maximum atomic E-state index is 14.3. The van der Waals surface area contributed by atoms with Gasteiger partial charge in [0.25, 0.3) is 0 Å². The molecule has 112 heavy (non-hydrogen) atoms. The van der Waals surface area contributed by atoms with E-state index in [0.717, 1.165) is 25.7 Å². The molecule has 0 radical (unpaired) electrons. The van der Waals surface area contributed by atoms with Gasteiger partial charge in [0.2, 0.25) is 82.7 Å². The van der Waals surface area contributed by atoms with Crippen LogP contribution in [0.2, 0.25) is 0 Å². The Balaban J connectivity index is 6.09.